The molecule has 11 heavy (non-hydrogen) atoms. The zero-order valence-electron chi connectivity index (χ0n) is 5.50. The predicted octanol–water partition coefficient (Wildman–Crippen LogP) is -0.699. The van der Waals surface area contributed by atoms with Crippen molar-refractivity contribution in [3.05, 3.63) is 10.5 Å². The van der Waals surface area contributed by atoms with Gasteiger partial charge in [-0.15, -0.1) is 0 Å². The van der Waals surface area contributed by atoms with Crippen LogP contribution in [-0.2, 0) is 0 Å². The second-order valence-electron chi connectivity index (χ2n) is 2.07. The summed E-state index contributed by atoms with van der Waals surface area (Å²) >= 11 is 2.37. The van der Waals surface area contributed by atoms with E-state index in [9.17, 15) is 0 Å². The normalized spacial score (nSPS) is 10.5. The van der Waals surface area contributed by atoms with E-state index >= 15 is 0 Å². The van der Waals surface area contributed by atoms with Crippen molar-refractivity contribution in [1.29, 1.82) is 0 Å². The molecule has 2 aromatic rings. The van der Waals surface area contributed by atoms with Crippen molar-refractivity contribution in [3.8, 4) is 0 Å². The summed E-state index contributed by atoms with van der Waals surface area (Å²) < 4.78 is 0.887. The Morgan fingerprint density at radius 3 is 3.18 bits per heavy atom. The van der Waals surface area contributed by atoms with Gasteiger partial charge >= 0.3 is 68.9 Å². The Morgan fingerprint density at radius 2 is 2.36 bits per heavy atom. The number of nitrogens with two attached hydrogens (primary N) is 1. The second kappa shape index (κ2) is 2.18. The zero-order valence-corrected chi connectivity index (χ0v) is 7.37. The third kappa shape index (κ3) is 0.961. The molecular formula is C5H6N5Se. The van der Waals surface area contributed by atoms with Crippen molar-refractivity contribution in [3.63, 3.8) is 0 Å². The Balaban J connectivity index is 3.02. The van der Waals surface area contributed by atoms with Crippen LogP contribution in [0.3, 0.4) is 0 Å². The van der Waals surface area contributed by atoms with Gasteiger partial charge in [0.15, 0.2) is 0 Å². The summed E-state index contributed by atoms with van der Waals surface area (Å²) in [7, 11) is 0. The standard InChI is InChI=1S/C5H6N5Se/c6-5-9-3-2(4(11)10-5)7-1-8-3/h1,11H,(H,7,8)(H3,6,9,10). The van der Waals surface area contributed by atoms with Gasteiger partial charge in [-0.3, -0.25) is 0 Å². The van der Waals surface area contributed by atoms with Gasteiger partial charge < -0.3 is 0 Å². The molecule has 0 amide bonds. The molecule has 0 saturated carbocycles. The van der Waals surface area contributed by atoms with Gasteiger partial charge in [-0.05, 0) is 0 Å². The van der Waals surface area contributed by atoms with Crippen LogP contribution in [-0.4, -0.2) is 35.5 Å². The molecule has 0 aliphatic rings. The molecule has 2 aromatic heterocycles. The number of rotatable bonds is 0. The number of H-pyrrole nitrogens is 2. The first kappa shape index (κ1) is 6.57. The summed E-state index contributed by atoms with van der Waals surface area (Å²) in [5.74, 6) is 0.375. The third-order valence-electron chi connectivity index (χ3n) is 1.33. The van der Waals surface area contributed by atoms with Crippen LogP contribution in [0.1, 0.15) is 0 Å². The van der Waals surface area contributed by atoms with Crippen LogP contribution < -0.4 is 5.73 Å². The van der Waals surface area contributed by atoms with Crippen molar-refractivity contribution in [1.82, 2.24) is 19.9 Å². The fourth-order valence-corrected chi connectivity index (χ4v) is 1.46. The minimum atomic E-state index is 0.375. The monoisotopic (exact) mass is 216 g/mol. The van der Waals surface area contributed by atoms with E-state index in [0.29, 0.717) is 11.6 Å². The Kier molecular flexibility index (Phi) is 1.30. The van der Waals surface area contributed by atoms with Gasteiger partial charge in [0.05, 0.1) is 0 Å². The molecule has 0 atom stereocenters. The molecule has 0 saturated heterocycles. The molecule has 2 heterocycles. The number of anilines is 1. The van der Waals surface area contributed by atoms with Gasteiger partial charge in [-0.1, -0.05) is 0 Å². The quantitative estimate of drug-likeness (QED) is 0.508. The second-order valence-corrected chi connectivity index (χ2v) is 3.01. The summed E-state index contributed by atoms with van der Waals surface area (Å²) in [4.78, 5) is 13.7. The van der Waals surface area contributed by atoms with Crippen LogP contribution in [0.2, 0.25) is 0 Å². The zero-order chi connectivity index (χ0) is 7.84. The molecule has 6 heteroatoms. The Morgan fingerprint density at radius 1 is 1.55 bits per heavy atom. The van der Waals surface area contributed by atoms with Crippen molar-refractivity contribution in [2.75, 3.05) is 5.73 Å². The molecule has 5 nitrogen and oxygen atoms in total. The average molecular weight is 215 g/mol. The Bertz CT molecular complexity index is 441. The molecule has 0 aliphatic heterocycles. The van der Waals surface area contributed by atoms with E-state index in [1.807, 2.05) is 0 Å². The fraction of sp³-hybridized carbons (Fsp3) is 0. The maximum atomic E-state index is 5.45. The number of nitrogens with zero attached hydrogens (tertiary/aromatic N) is 2. The van der Waals surface area contributed by atoms with E-state index in [1.54, 1.807) is 6.33 Å². The molecule has 0 spiro atoms. The summed E-state index contributed by atoms with van der Waals surface area (Å²) in [6, 6.07) is 0. The van der Waals surface area contributed by atoms with E-state index in [0.717, 1.165) is 9.71 Å². The molecular weight excluding hydrogens is 209 g/mol. The van der Waals surface area contributed by atoms with Gasteiger partial charge in [-0.25, -0.2) is 0 Å². The first-order valence-corrected chi connectivity index (χ1v) is 3.92. The van der Waals surface area contributed by atoms with Crippen LogP contribution in [0.4, 0.5) is 5.95 Å². The molecule has 4 N–H and O–H groups in total. The van der Waals surface area contributed by atoms with Gasteiger partial charge in [0, 0.05) is 0 Å². The molecule has 0 aromatic carbocycles. The van der Waals surface area contributed by atoms with Crippen LogP contribution in [0.15, 0.2) is 6.33 Å². The molecule has 0 fully saturated rings. The number of hydrogen-bond acceptors (Lipinski definition) is 3. The number of nitrogens with one attached hydrogen (secondary N) is 2. The average Bonchev–Trinajstić information content (AvgIpc) is 2.34. The van der Waals surface area contributed by atoms with Crippen LogP contribution in [0, 0.1) is 4.19 Å². The fourth-order valence-electron chi connectivity index (χ4n) is 0.872. The van der Waals surface area contributed by atoms with E-state index < -0.39 is 0 Å². The molecule has 0 aliphatic carbocycles. The number of aromatic nitrogens is 4. The molecule has 0 bridgehead atoms. The van der Waals surface area contributed by atoms with E-state index in [4.69, 9.17) is 5.73 Å². The number of fused-ring (bicyclic) bond motifs is 1. The SMILES string of the molecule is Nc1nc2nc[nH]c2c(=[SeH])[nH]1. The number of hydrogen-bond donors (Lipinski definition) is 3. The Hall–Kier alpha value is -1.13. The minimum absolute atomic E-state index is 0.375. The summed E-state index contributed by atoms with van der Waals surface area (Å²) in [6.07, 6.45) is 1.59. The topological polar surface area (TPSA) is 83.4 Å². The Labute approximate surface area is 69.4 Å². The molecule has 1 radical (unpaired) electrons. The molecule has 2 rings (SSSR count). The number of nitrogen functional groups attached to an aromatic ring is 1. The van der Waals surface area contributed by atoms with Crippen LogP contribution in [0.25, 0.3) is 11.2 Å². The van der Waals surface area contributed by atoms with E-state index in [-0.39, 0.29) is 0 Å². The first-order chi connectivity index (χ1) is 5.27. The van der Waals surface area contributed by atoms with Gasteiger partial charge in [0.1, 0.15) is 0 Å². The van der Waals surface area contributed by atoms with E-state index in [2.05, 4.69) is 35.5 Å². The van der Waals surface area contributed by atoms with Crippen molar-refractivity contribution in [2.45, 2.75) is 0 Å². The maximum absolute atomic E-state index is 5.45. The van der Waals surface area contributed by atoms with Crippen molar-refractivity contribution in [2.24, 2.45) is 0 Å². The molecule has 0 unspecified atom stereocenters. The van der Waals surface area contributed by atoms with Crippen molar-refractivity contribution < 1.29 is 0 Å². The number of aromatic amines is 2. The summed E-state index contributed by atoms with van der Waals surface area (Å²) in [5.41, 5.74) is 6.96. The van der Waals surface area contributed by atoms with Crippen LogP contribution in [0.5, 0.6) is 0 Å². The first-order valence-electron chi connectivity index (χ1n) is 2.98. The molecule has 57 valence electrons. The number of imidazole rings is 1. The van der Waals surface area contributed by atoms with Gasteiger partial charge in [0.2, 0.25) is 0 Å². The summed E-state index contributed by atoms with van der Waals surface area (Å²) in [6.45, 7) is 0. The predicted molar refractivity (Wildman–Crippen MR) is 43.0 cm³/mol. The third-order valence-corrected chi connectivity index (χ3v) is 2.03. The van der Waals surface area contributed by atoms with Gasteiger partial charge in [-0.2, -0.15) is 0 Å². The van der Waals surface area contributed by atoms with E-state index in [1.165, 1.54) is 0 Å². The van der Waals surface area contributed by atoms with Crippen LogP contribution >= 0.6 is 0 Å². The summed E-state index contributed by atoms with van der Waals surface area (Å²) in [5, 5.41) is 0. The van der Waals surface area contributed by atoms with Crippen molar-refractivity contribution >= 4 is 32.7 Å². The van der Waals surface area contributed by atoms with Gasteiger partial charge in [0.25, 0.3) is 0 Å².